The second-order valence-electron chi connectivity index (χ2n) is 7.97. The molecular weight excluding hydrogens is 384 g/mol. The predicted molar refractivity (Wildman–Crippen MR) is 179 cm³/mol. The highest BCUT2D eigenvalue weighted by atomic mass is 14.1. The van der Waals surface area contributed by atoms with Crippen LogP contribution in [0.15, 0.2) is 0 Å². The Morgan fingerprint density at radius 1 is 0.312 bits per heavy atom. The van der Waals surface area contributed by atoms with E-state index < -0.39 is 0 Å². The Labute approximate surface area is 220 Å². The molecule has 1 atom stereocenters. The van der Waals surface area contributed by atoms with Crippen LogP contribution in [-0.2, 0) is 0 Å². The largest absolute Gasteiger partial charge is 0.0776 e. The van der Waals surface area contributed by atoms with Crippen LogP contribution >= 0.6 is 0 Å². The van der Waals surface area contributed by atoms with Gasteiger partial charge in [-0.15, -0.1) is 0 Å². The van der Waals surface area contributed by atoms with Crippen molar-refractivity contribution in [2.45, 2.75) is 191 Å². The van der Waals surface area contributed by atoms with Crippen molar-refractivity contribution < 1.29 is 0 Å². The normalized spacial score (nSPS) is 7.59. The molecule has 0 aliphatic carbocycles. The van der Waals surface area contributed by atoms with Gasteiger partial charge in [0.15, 0.2) is 0 Å². The lowest BCUT2D eigenvalue weighted by molar-refractivity contribution is 0.429. The summed E-state index contributed by atoms with van der Waals surface area (Å²) in [5, 5.41) is 0. The fraction of sp³-hybridized carbons (Fsp3) is 1.00. The van der Waals surface area contributed by atoms with Crippen molar-refractivity contribution in [2.75, 3.05) is 0 Å². The molecular formula is C32H94. The Kier molecular flexibility index (Phi) is 257. The van der Waals surface area contributed by atoms with Crippen molar-refractivity contribution >= 4 is 0 Å². The van der Waals surface area contributed by atoms with Gasteiger partial charge in [0.2, 0.25) is 0 Å². The van der Waals surface area contributed by atoms with Crippen molar-refractivity contribution in [3.63, 3.8) is 0 Å². The minimum atomic E-state index is 0. The number of hydrogen-bond donors (Lipinski definition) is 0. The van der Waals surface area contributed by atoms with E-state index in [4.69, 9.17) is 0 Å². The standard InChI is InChI=1S/C8H18.C7H16.C5H12.12CH4/c1-5-8(4)6-7(2)3;1-6(2)5-7(3)4;1-4-5(2)3;;;;;;;;;;;;/h7-8H,5-6H2,1-4H3;6-7H,5H2,1-4H3;5H,4H2,1-3H3;12*1H4. The van der Waals surface area contributed by atoms with E-state index in [1.807, 2.05) is 0 Å². The van der Waals surface area contributed by atoms with Crippen LogP contribution < -0.4 is 0 Å². The molecule has 0 fully saturated rings. The Balaban J connectivity index is -0.00000000889. The van der Waals surface area contributed by atoms with Gasteiger partial charge in [-0.1, -0.05) is 178 Å². The second kappa shape index (κ2) is 77.3. The molecule has 0 radical (unpaired) electrons. The molecule has 0 bridgehead atoms. The lowest BCUT2D eigenvalue weighted by Gasteiger charge is -2.09. The molecule has 0 saturated carbocycles. The molecule has 0 spiro atoms. The number of hydrogen-bond acceptors (Lipinski definition) is 0. The van der Waals surface area contributed by atoms with E-state index in [2.05, 4.69) is 76.2 Å². The minimum absolute atomic E-state index is 0. The maximum atomic E-state index is 2.32. The summed E-state index contributed by atoms with van der Waals surface area (Å²) in [6.45, 7) is 24.8. The molecule has 0 saturated heterocycles. The molecule has 0 aromatic rings. The number of rotatable bonds is 6. The van der Waals surface area contributed by atoms with E-state index in [1.165, 1.54) is 25.7 Å². The maximum absolute atomic E-state index is 2.32. The van der Waals surface area contributed by atoms with Gasteiger partial charge in [0.25, 0.3) is 0 Å². The first-order chi connectivity index (χ1) is 9.06. The molecule has 0 amide bonds. The van der Waals surface area contributed by atoms with Crippen molar-refractivity contribution in [1.82, 2.24) is 0 Å². The molecule has 0 heteroatoms. The zero-order valence-electron chi connectivity index (χ0n) is 16.7. The van der Waals surface area contributed by atoms with Crippen LogP contribution in [0.1, 0.15) is 191 Å². The minimum Gasteiger partial charge on any atom is -0.0776 e. The zero-order chi connectivity index (χ0) is 16.7. The highest BCUT2D eigenvalue weighted by molar-refractivity contribution is 4.52. The molecule has 0 N–H and O–H groups in total. The summed E-state index contributed by atoms with van der Waals surface area (Å²) in [4.78, 5) is 0. The quantitative estimate of drug-likeness (QED) is 0.356. The summed E-state index contributed by atoms with van der Waals surface area (Å²) in [5.41, 5.74) is 0. The molecule has 0 aliphatic rings. The fourth-order valence-corrected chi connectivity index (χ4v) is 1.91. The molecule has 0 aliphatic heterocycles. The Hall–Kier alpha value is 0. The van der Waals surface area contributed by atoms with Crippen LogP contribution in [0, 0.1) is 29.6 Å². The summed E-state index contributed by atoms with van der Waals surface area (Å²) in [7, 11) is 0. The molecule has 0 aromatic heterocycles. The van der Waals surface area contributed by atoms with Gasteiger partial charge in [-0.25, -0.2) is 0 Å². The van der Waals surface area contributed by atoms with Gasteiger partial charge < -0.3 is 0 Å². The third-order valence-electron chi connectivity index (χ3n) is 3.33. The lowest BCUT2D eigenvalue weighted by atomic mass is 9.97. The van der Waals surface area contributed by atoms with E-state index in [-0.39, 0.29) is 89.1 Å². The Morgan fingerprint density at radius 2 is 0.500 bits per heavy atom. The van der Waals surface area contributed by atoms with Crippen LogP contribution in [-0.4, -0.2) is 0 Å². The van der Waals surface area contributed by atoms with Gasteiger partial charge in [-0.2, -0.15) is 0 Å². The van der Waals surface area contributed by atoms with Gasteiger partial charge in [-0.05, 0) is 42.4 Å². The zero-order valence-corrected chi connectivity index (χ0v) is 16.7. The van der Waals surface area contributed by atoms with E-state index in [0.717, 1.165) is 29.6 Å². The van der Waals surface area contributed by atoms with Gasteiger partial charge in [-0.3, -0.25) is 0 Å². The average Bonchev–Trinajstić information content (AvgIpc) is 2.27. The summed E-state index contributed by atoms with van der Waals surface area (Å²) < 4.78 is 0. The Bertz CT molecular complexity index is 147. The topological polar surface area (TPSA) is 0 Å². The van der Waals surface area contributed by atoms with Crippen molar-refractivity contribution in [3.8, 4) is 0 Å². The maximum Gasteiger partial charge on any atom is -0.0443 e. The average molecular weight is 479 g/mol. The van der Waals surface area contributed by atoms with E-state index in [9.17, 15) is 0 Å². The van der Waals surface area contributed by atoms with Crippen LogP contribution in [0.25, 0.3) is 0 Å². The van der Waals surface area contributed by atoms with Gasteiger partial charge in [0.05, 0.1) is 0 Å². The summed E-state index contributed by atoms with van der Waals surface area (Å²) in [6, 6.07) is 0. The van der Waals surface area contributed by atoms with Gasteiger partial charge in [0.1, 0.15) is 0 Å². The summed E-state index contributed by atoms with van der Waals surface area (Å²) in [6.07, 6.45) is 5.38. The fourth-order valence-electron chi connectivity index (χ4n) is 1.91. The first-order valence-electron chi connectivity index (χ1n) is 9.06. The third-order valence-corrected chi connectivity index (χ3v) is 3.33. The smallest absolute Gasteiger partial charge is 0.0443 e. The molecule has 222 valence electrons. The van der Waals surface area contributed by atoms with Gasteiger partial charge in [0, 0.05) is 0 Å². The third kappa shape index (κ3) is 175. The molecule has 0 nitrogen and oxygen atoms in total. The monoisotopic (exact) mass is 479 g/mol. The summed E-state index contributed by atoms with van der Waals surface area (Å²) in [5.74, 6) is 4.44. The first kappa shape index (κ1) is 106. The van der Waals surface area contributed by atoms with Crippen molar-refractivity contribution in [2.24, 2.45) is 29.6 Å². The van der Waals surface area contributed by atoms with Gasteiger partial charge >= 0.3 is 0 Å². The molecule has 1 unspecified atom stereocenters. The highest BCUT2D eigenvalue weighted by Crippen LogP contribution is 2.12. The SMILES string of the molecule is C.C.C.C.C.C.C.C.C.C.C.C.CC(C)CC(C)C.CCC(C)C.CCC(C)CC(C)C. The van der Waals surface area contributed by atoms with Crippen LogP contribution in [0.5, 0.6) is 0 Å². The highest BCUT2D eigenvalue weighted by Gasteiger charge is 2.00. The molecule has 0 rings (SSSR count). The molecule has 0 heterocycles. The van der Waals surface area contributed by atoms with E-state index in [1.54, 1.807) is 0 Å². The lowest BCUT2D eigenvalue weighted by Crippen LogP contribution is -1.97. The van der Waals surface area contributed by atoms with Crippen LogP contribution in [0.3, 0.4) is 0 Å². The van der Waals surface area contributed by atoms with Crippen LogP contribution in [0.2, 0.25) is 0 Å². The van der Waals surface area contributed by atoms with E-state index >= 15 is 0 Å². The van der Waals surface area contributed by atoms with E-state index in [0.29, 0.717) is 0 Å². The second-order valence-corrected chi connectivity index (χ2v) is 7.97. The predicted octanol–water partition coefficient (Wildman–Crippen LogP) is 15.5. The first-order valence-corrected chi connectivity index (χ1v) is 9.06. The summed E-state index contributed by atoms with van der Waals surface area (Å²) >= 11 is 0. The molecule has 0 aromatic carbocycles. The van der Waals surface area contributed by atoms with Crippen molar-refractivity contribution in [1.29, 1.82) is 0 Å². The van der Waals surface area contributed by atoms with Crippen LogP contribution in [0.4, 0.5) is 0 Å². The molecule has 32 heavy (non-hydrogen) atoms. The Morgan fingerprint density at radius 3 is 0.531 bits per heavy atom. The van der Waals surface area contributed by atoms with Crippen molar-refractivity contribution in [3.05, 3.63) is 0 Å².